The number of carbonyl (C=O) groups is 3. The van der Waals surface area contributed by atoms with Crippen molar-refractivity contribution in [3.63, 3.8) is 0 Å². The number of aliphatic hydroxyl groups excluding tert-OH is 1. The number of aromatic nitrogens is 3. The smallest absolute Gasteiger partial charge is 0.250 e. The Morgan fingerprint density at radius 2 is 1.72 bits per heavy atom. The van der Waals surface area contributed by atoms with Crippen LogP contribution in [0, 0.1) is 11.8 Å². The number of unbranched alkanes of at least 4 members (excludes halogenated alkanes) is 2. The molecule has 12 nitrogen and oxygen atoms in total. The molecule has 3 amide bonds. The minimum atomic E-state index is -1.36. The van der Waals surface area contributed by atoms with Gasteiger partial charge in [-0.15, -0.1) is 5.10 Å². The fraction of sp³-hybridized carbons (Fsp3) is 0.457. The topological polar surface area (TPSA) is 130 Å². The number of anilines is 1. The Kier molecular flexibility index (Phi) is 8.09. The number of carbonyl (C=O) groups excluding carboxylic acids is 3. The Balaban J connectivity index is 1.26. The molecule has 1 aromatic heterocycles. The van der Waals surface area contributed by atoms with Crippen LogP contribution in [0.1, 0.15) is 33.1 Å². The highest BCUT2D eigenvalue weighted by atomic mass is 16.5. The van der Waals surface area contributed by atoms with Crippen LogP contribution in [0.5, 0.6) is 5.75 Å². The molecule has 5 heterocycles. The first-order chi connectivity index (χ1) is 22.8. The van der Waals surface area contributed by atoms with E-state index in [9.17, 15) is 19.5 Å². The van der Waals surface area contributed by atoms with Gasteiger partial charge in [0.25, 0.3) is 5.91 Å². The van der Waals surface area contributed by atoms with Gasteiger partial charge < -0.3 is 29.3 Å². The molecule has 2 saturated heterocycles. The Hall–Kier alpha value is -4.55. The Labute approximate surface area is 273 Å². The molecule has 0 radical (unpaired) electrons. The molecule has 2 aromatic carbocycles. The van der Waals surface area contributed by atoms with E-state index in [-0.39, 0.29) is 37.5 Å². The minimum absolute atomic E-state index is 0.0526. The zero-order valence-corrected chi connectivity index (χ0v) is 26.7. The highest BCUT2D eigenvalue weighted by molar-refractivity contribution is 6.04. The molecule has 0 saturated carbocycles. The van der Waals surface area contributed by atoms with Crippen molar-refractivity contribution in [1.29, 1.82) is 0 Å². The molecule has 1 N–H and O–H groups in total. The van der Waals surface area contributed by atoms with Crippen molar-refractivity contribution in [2.75, 3.05) is 37.7 Å². The summed E-state index contributed by atoms with van der Waals surface area (Å²) in [5.41, 5.74) is -0.277. The SMILES string of the molecule is CCOc1ccc(N2CC=C[C@@]3(C)O[C@]45C=CCN(Cn6nnc7ccccc76)C(=O)C4N(CCCCCO)C(=O)[C@@H]5[C@H]3C2=O)cc1. The maximum Gasteiger partial charge on any atom is 0.250 e. The highest BCUT2D eigenvalue weighted by Gasteiger charge is 2.74. The summed E-state index contributed by atoms with van der Waals surface area (Å²) in [6, 6.07) is 13.9. The van der Waals surface area contributed by atoms with Gasteiger partial charge in [-0.3, -0.25) is 14.4 Å². The fourth-order valence-electron chi connectivity index (χ4n) is 7.81. The van der Waals surface area contributed by atoms with E-state index in [1.165, 1.54) is 0 Å². The lowest BCUT2D eigenvalue weighted by molar-refractivity contribution is -0.152. The standard InChI is InChI=1S/C35H40N6O6/c1-3-46-25-15-13-24(14-16-25)39-21-9-17-34(2)28(31(39)43)29-32(44)40(20-7-4-8-22-42)30-33(45)38(19-10-18-35(29,30)47-34)23-41-27-12-6-5-11-26(27)36-37-41/h5-6,9-18,28-30,42H,3-4,7-8,19-23H2,1-2H3/t28-,29-,30?,34+,35-/m0/s1. The number of ether oxygens (including phenoxy) is 2. The van der Waals surface area contributed by atoms with Crippen molar-refractivity contribution in [2.45, 2.75) is 57.0 Å². The van der Waals surface area contributed by atoms with E-state index in [0.717, 1.165) is 11.0 Å². The molecule has 12 heteroatoms. The third-order valence-corrected chi connectivity index (χ3v) is 9.88. The van der Waals surface area contributed by atoms with Crippen LogP contribution in [0.25, 0.3) is 11.0 Å². The summed E-state index contributed by atoms with van der Waals surface area (Å²) in [5, 5.41) is 17.9. The zero-order chi connectivity index (χ0) is 32.8. The lowest BCUT2D eigenvalue weighted by Crippen LogP contribution is -2.56. The van der Waals surface area contributed by atoms with Crippen LogP contribution in [0.2, 0.25) is 0 Å². The number of rotatable bonds is 10. The van der Waals surface area contributed by atoms with Gasteiger partial charge in [0.05, 0.1) is 29.6 Å². The summed E-state index contributed by atoms with van der Waals surface area (Å²) < 4.78 is 14.2. The van der Waals surface area contributed by atoms with E-state index in [1.54, 1.807) is 19.4 Å². The van der Waals surface area contributed by atoms with E-state index in [4.69, 9.17) is 9.47 Å². The van der Waals surface area contributed by atoms with Gasteiger partial charge in [-0.2, -0.15) is 0 Å². The predicted octanol–water partition coefficient (Wildman–Crippen LogP) is 2.92. The van der Waals surface area contributed by atoms with Gasteiger partial charge in [0.15, 0.2) is 0 Å². The molecule has 4 aliphatic rings. The molecule has 246 valence electrons. The largest absolute Gasteiger partial charge is 0.494 e. The first kappa shape index (κ1) is 31.1. The van der Waals surface area contributed by atoms with Crippen LogP contribution in [-0.4, -0.2) is 97.7 Å². The quantitative estimate of drug-likeness (QED) is 0.265. The van der Waals surface area contributed by atoms with E-state index in [1.807, 2.05) is 86.7 Å². The van der Waals surface area contributed by atoms with Gasteiger partial charge in [-0.1, -0.05) is 41.7 Å². The second-order valence-corrected chi connectivity index (χ2v) is 12.8. The molecule has 47 heavy (non-hydrogen) atoms. The first-order valence-electron chi connectivity index (χ1n) is 16.4. The zero-order valence-electron chi connectivity index (χ0n) is 26.7. The van der Waals surface area contributed by atoms with E-state index < -0.39 is 29.1 Å². The summed E-state index contributed by atoms with van der Waals surface area (Å²) >= 11 is 0. The van der Waals surface area contributed by atoms with Gasteiger partial charge in [-0.05, 0) is 69.5 Å². The molecule has 7 rings (SSSR count). The van der Waals surface area contributed by atoms with Gasteiger partial charge in [-0.25, -0.2) is 4.68 Å². The number of hydrogen-bond donors (Lipinski definition) is 1. The lowest BCUT2D eigenvalue weighted by atomic mass is 9.74. The summed E-state index contributed by atoms with van der Waals surface area (Å²) in [4.78, 5) is 48.9. The van der Waals surface area contributed by atoms with Crippen LogP contribution in [0.15, 0.2) is 72.8 Å². The van der Waals surface area contributed by atoms with E-state index in [0.29, 0.717) is 50.4 Å². The van der Waals surface area contributed by atoms with Gasteiger partial charge in [0.2, 0.25) is 11.8 Å². The number of aliphatic hydroxyl groups is 1. The number of likely N-dealkylation sites (tertiary alicyclic amines) is 1. The van der Waals surface area contributed by atoms with Crippen molar-refractivity contribution < 1.29 is 29.0 Å². The van der Waals surface area contributed by atoms with Crippen LogP contribution >= 0.6 is 0 Å². The molecule has 0 bridgehead atoms. The summed E-state index contributed by atoms with van der Waals surface area (Å²) in [5.74, 6) is -1.84. The van der Waals surface area contributed by atoms with Crippen molar-refractivity contribution >= 4 is 34.4 Å². The Morgan fingerprint density at radius 3 is 2.51 bits per heavy atom. The second kappa shape index (κ2) is 12.2. The monoisotopic (exact) mass is 640 g/mol. The molecular weight excluding hydrogens is 600 g/mol. The molecule has 4 aliphatic heterocycles. The van der Waals surface area contributed by atoms with Crippen LogP contribution in [0.4, 0.5) is 5.69 Å². The summed E-state index contributed by atoms with van der Waals surface area (Å²) in [6.07, 6.45) is 9.41. The van der Waals surface area contributed by atoms with Crippen LogP contribution in [0.3, 0.4) is 0 Å². The minimum Gasteiger partial charge on any atom is -0.494 e. The third kappa shape index (κ3) is 5.10. The normalized spacial score (nSPS) is 28.4. The number of nitrogens with zero attached hydrogens (tertiary/aromatic N) is 6. The summed E-state index contributed by atoms with van der Waals surface area (Å²) in [6.45, 7) is 5.38. The fourth-order valence-corrected chi connectivity index (χ4v) is 7.81. The molecule has 1 spiro atoms. The highest BCUT2D eigenvalue weighted by Crippen LogP contribution is 2.57. The van der Waals surface area contributed by atoms with E-state index >= 15 is 0 Å². The molecule has 2 fully saturated rings. The lowest BCUT2D eigenvalue weighted by Gasteiger charge is -2.37. The number of fused-ring (bicyclic) bond motifs is 3. The van der Waals surface area contributed by atoms with E-state index in [2.05, 4.69) is 10.3 Å². The van der Waals surface area contributed by atoms with Gasteiger partial charge in [0, 0.05) is 31.9 Å². The second-order valence-electron chi connectivity index (χ2n) is 12.8. The summed E-state index contributed by atoms with van der Waals surface area (Å²) in [7, 11) is 0. The third-order valence-electron chi connectivity index (χ3n) is 9.88. The molecule has 1 unspecified atom stereocenters. The maximum atomic E-state index is 14.7. The molecule has 0 aliphatic carbocycles. The predicted molar refractivity (Wildman–Crippen MR) is 173 cm³/mol. The number of para-hydroxylation sites is 1. The Morgan fingerprint density at radius 1 is 0.936 bits per heavy atom. The number of hydrogen-bond acceptors (Lipinski definition) is 8. The molecule has 3 aromatic rings. The molecule has 5 atom stereocenters. The number of benzene rings is 2. The van der Waals surface area contributed by atoms with Gasteiger partial charge >= 0.3 is 0 Å². The maximum absolute atomic E-state index is 14.7. The van der Waals surface area contributed by atoms with Crippen molar-refractivity contribution in [1.82, 2.24) is 24.8 Å². The van der Waals surface area contributed by atoms with Crippen molar-refractivity contribution in [3.8, 4) is 5.75 Å². The average Bonchev–Trinajstić information content (AvgIpc) is 3.60. The van der Waals surface area contributed by atoms with Crippen LogP contribution in [-0.2, 0) is 25.8 Å². The first-order valence-corrected chi connectivity index (χ1v) is 16.4. The van der Waals surface area contributed by atoms with Crippen molar-refractivity contribution in [2.24, 2.45) is 11.8 Å². The Bertz CT molecular complexity index is 1740. The van der Waals surface area contributed by atoms with Gasteiger partial charge in [0.1, 0.15) is 29.6 Å². The number of amides is 3. The van der Waals surface area contributed by atoms with Crippen LogP contribution < -0.4 is 9.64 Å². The average molecular weight is 641 g/mol. The van der Waals surface area contributed by atoms with Crippen molar-refractivity contribution in [3.05, 3.63) is 72.8 Å². The molecular formula is C35H40N6O6.